The Hall–Kier alpha value is -1.22. The molecule has 1 aromatic heterocycles. The molecule has 0 bridgehead atoms. The van der Waals surface area contributed by atoms with Crippen LogP contribution in [0.25, 0.3) is 0 Å². The quantitative estimate of drug-likeness (QED) is 0.852. The Morgan fingerprint density at radius 3 is 2.39 bits per heavy atom. The van der Waals surface area contributed by atoms with Crippen LogP contribution in [0.4, 0.5) is 13.2 Å². The first-order valence-electron chi connectivity index (χ1n) is 5.04. The maximum atomic E-state index is 12.7. The third-order valence-electron chi connectivity index (χ3n) is 2.54. The largest absolute Gasteiger partial charge is 0.410 e. The molecule has 1 aromatic rings. The summed E-state index contributed by atoms with van der Waals surface area (Å²) >= 11 is 4.74. The van der Waals surface area contributed by atoms with Crippen LogP contribution in [0.15, 0.2) is 0 Å². The SMILES string of the molecule is COC(C)c1c(C(N)=S)nnn1C(C)C(F)(F)F. The van der Waals surface area contributed by atoms with Gasteiger partial charge in [0.05, 0.1) is 11.8 Å². The fourth-order valence-electron chi connectivity index (χ4n) is 1.39. The van der Waals surface area contributed by atoms with Crippen molar-refractivity contribution >= 4 is 17.2 Å². The van der Waals surface area contributed by atoms with E-state index in [1.807, 2.05) is 0 Å². The first-order chi connectivity index (χ1) is 8.20. The fourth-order valence-corrected chi connectivity index (χ4v) is 1.54. The van der Waals surface area contributed by atoms with Gasteiger partial charge in [0.15, 0.2) is 0 Å². The minimum Gasteiger partial charge on any atom is -0.388 e. The lowest BCUT2D eigenvalue weighted by Crippen LogP contribution is -2.27. The van der Waals surface area contributed by atoms with Gasteiger partial charge in [0.1, 0.15) is 16.7 Å². The lowest BCUT2D eigenvalue weighted by molar-refractivity contribution is -0.166. The summed E-state index contributed by atoms with van der Waals surface area (Å²) in [4.78, 5) is -0.116. The Balaban J connectivity index is 3.33. The van der Waals surface area contributed by atoms with E-state index >= 15 is 0 Å². The van der Waals surface area contributed by atoms with Crippen LogP contribution >= 0.6 is 12.2 Å². The number of nitrogens with two attached hydrogens (primary N) is 1. The van der Waals surface area contributed by atoms with E-state index < -0.39 is 18.3 Å². The summed E-state index contributed by atoms with van der Waals surface area (Å²) in [5.74, 6) is 0. The van der Waals surface area contributed by atoms with Gasteiger partial charge in [-0.25, -0.2) is 4.68 Å². The van der Waals surface area contributed by atoms with Crippen molar-refractivity contribution in [1.82, 2.24) is 15.0 Å². The Kier molecular flexibility index (Phi) is 4.28. The molecule has 2 atom stereocenters. The lowest BCUT2D eigenvalue weighted by atomic mass is 10.2. The van der Waals surface area contributed by atoms with E-state index in [2.05, 4.69) is 10.3 Å². The van der Waals surface area contributed by atoms with Gasteiger partial charge < -0.3 is 10.5 Å². The van der Waals surface area contributed by atoms with Crippen LogP contribution < -0.4 is 5.73 Å². The molecule has 1 heterocycles. The highest BCUT2D eigenvalue weighted by atomic mass is 32.1. The zero-order valence-electron chi connectivity index (χ0n) is 10.0. The first-order valence-corrected chi connectivity index (χ1v) is 5.45. The third-order valence-corrected chi connectivity index (χ3v) is 2.74. The number of ether oxygens (including phenoxy) is 1. The summed E-state index contributed by atoms with van der Waals surface area (Å²) in [7, 11) is 1.36. The molecule has 18 heavy (non-hydrogen) atoms. The Bertz CT molecular complexity index is 446. The predicted molar refractivity (Wildman–Crippen MR) is 62.1 cm³/mol. The molecule has 0 spiro atoms. The van der Waals surface area contributed by atoms with Crippen LogP contribution in [0.3, 0.4) is 0 Å². The molecule has 2 N–H and O–H groups in total. The second-order valence-corrected chi connectivity index (χ2v) is 4.17. The normalized spacial score (nSPS) is 15.4. The molecule has 0 aliphatic carbocycles. The van der Waals surface area contributed by atoms with Gasteiger partial charge in [0, 0.05) is 7.11 Å². The number of aromatic nitrogens is 3. The number of hydrogen-bond donors (Lipinski definition) is 1. The van der Waals surface area contributed by atoms with Crippen molar-refractivity contribution in [3.63, 3.8) is 0 Å². The van der Waals surface area contributed by atoms with Crippen LogP contribution in [0, 0.1) is 0 Å². The van der Waals surface area contributed by atoms with Crippen molar-refractivity contribution in [1.29, 1.82) is 0 Å². The number of methoxy groups -OCH3 is 1. The summed E-state index contributed by atoms with van der Waals surface area (Å²) < 4.78 is 43.8. The molecular weight excluding hydrogens is 269 g/mol. The standard InChI is InChI=1S/C9H13F3N4OS/c1-4(17-3)7-6(8(13)18)14-15-16(7)5(2)9(10,11)12/h4-5H,1-3H3,(H2,13,18). The van der Waals surface area contributed by atoms with Gasteiger partial charge in [-0.1, -0.05) is 17.4 Å². The molecule has 0 saturated carbocycles. The van der Waals surface area contributed by atoms with E-state index in [9.17, 15) is 13.2 Å². The molecule has 0 aromatic carbocycles. The van der Waals surface area contributed by atoms with Crippen molar-refractivity contribution in [3.05, 3.63) is 11.4 Å². The molecule has 0 radical (unpaired) electrons. The number of alkyl halides is 3. The van der Waals surface area contributed by atoms with E-state index in [0.717, 1.165) is 11.6 Å². The molecule has 9 heteroatoms. The average Bonchev–Trinajstić information content (AvgIpc) is 2.69. The highest BCUT2D eigenvalue weighted by Crippen LogP contribution is 2.32. The van der Waals surface area contributed by atoms with Crippen molar-refractivity contribution < 1.29 is 17.9 Å². The van der Waals surface area contributed by atoms with Crippen LogP contribution in [-0.2, 0) is 4.74 Å². The number of halogens is 3. The molecule has 0 amide bonds. The van der Waals surface area contributed by atoms with E-state index in [4.69, 9.17) is 22.7 Å². The van der Waals surface area contributed by atoms with Crippen molar-refractivity contribution in [3.8, 4) is 0 Å². The maximum absolute atomic E-state index is 12.7. The molecule has 5 nitrogen and oxygen atoms in total. The summed E-state index contributed by atoms with van der Waals surface area (Å²) in [6.45, 7) is 2.55. The second-order valence-electron chi connectivity index (χ2n) is 3.73. The Morgan fingerprint density at radius 2 is 2.00 bits per heavy atom. The van der Waals surface area contributed by atoms with E-state index in [1.54, 1.807) is 6.92 Å². The van der Waals surface area contributed by atoms with Crippen LogP contribution in [0.2, 0.25) is 0 Å². The molecule has 0 aliphatic rings. The smallest absolute Gasteiger partial charge is 0.388 e. The van der Waals surface area contributed by atoms with Crippen LogP contribution in [0.5, 0.6) is 0 Å². The van der Waals surface area contributed by atoms with E-state index in [-0.39, 0.29) is 16.4 Å². The van der Waals surface area contributed by atoms with Crippen LogP contribution in [-0.4, -0.2) is 33.3 Å². The molecule has 1 rings (SSSR count). The van der Waals surface area contributed by atoms with Gasteiger partial charge in [0.2, 0.25) is 0 Å². The molecule has 102 valence electrons. The van der Waals surface area contributed by atoms with E-state index in [1.165, 1.54) is 7.11 Å². The lowest BCUT2D eigenvalue weighted by Gasteiger charge is -2.20. The van der Waals surface area contributed by atoms with Crippen LogP contribution in [0.1, 0.15) is 37.4 Å². The maximum Gasteiger partial charge on any atom is 0.410 e. The molecule has 0 saturated heterocycles. The predicted octanol–water partition coefficient (Wildman–Crippen LogP) is 1.74. The third kappa shape index (κ3) is 2.78. The molecular formula is C9H13F3N4OS. The monoisotopic (exact) mass is 282 g/mol. The number of rotatable bonds is 4. The van der Waals surface area contributed by atoms with E-state index in [0.29, 0.717) is 0 Å². The molecule has 2 unspecified atom stereocenters. The number of nitrogens with zero attached hydrogens (tertiary/aromatic N) is 3. The van der Waals surface area contributed by atoms with Gasteiger partial charge in [-0.3, -0.25) is 0 Å². The summed E-state index contributed by atoms with van der Waals surface area (Å²) in [6.07, 6.45) is -5.09. The fraction of sp³-hybridized carbons (Fsp3) is 0.667. The summed E-state index contributed by atoms with van der Waals surface area (Å²) in [6, 6.07) is -1.83. The minimum absolute atomic E-state index is 0.0513. The first kappa shape index (κ1) is 14.8. The highest BCUT2D eigenvalue weighted by molar-refractivity contribution is 7.80. The zero-order valence-corrected chi connectivity index (χ0v) is 10.8. The zero-order chi connectivity index (χ0) is 14.1. The van der Waals surface area contributed by atoms with Crippen molar-refractivity contribution in [2.45, 2.75) is 32.2 Å². The Labute approximate surface area is 107 Å². The molecule has 0 fully saturated rings. The van der Waals surface area contributed by atoms with Gasteiger partial charge >= 0.3 is 6.18 Å². The topological polar surface area (TPSA) is 66.0 Å². The number of hydrogen-bond acceptors (Lipinski definition) is 4. The van der Waals surface area contributed by atoms with Crippen molar-refractivity contribution in [2.24, 2.45) is 5.73 Å². The molecule has 0 aliphatic heterocycles. The Morgan fingerprint density at radius 1 is 1.44 bits per heavy atom. The summed E-state index contributed by atoms with van der Waals surface area (Å²) in [5.41, 5.74) is 5.58. The van der Waals surface area contributed by atoms with Gasteiger partial charge in [-0.2, -0.15) is 13.2 Å². The average molecular weight is 282 g/mol. The second kappa shape index (κ2) is 5.19. The minimum atomic E-state index is -4.44. The number of thiocarbonyl (C=S) groups is 1. The summed E-state index contributed by atoms with van der Waals surface area (Å²) in [5, 5.41) is 7.06. The van der Waals surface area contributed by atoms with Crippen molar-refractivity contribution in [2.75, 3.05) is 7.11 Å². The van der Waals surface area contributed by atoms with Gasteiger partial charge in [0.25, 0.3) is 0 Å². The van der Waals surface area contributed by atoms with Gasteiger partial charge in [-0.15, -0.1) is 5.10 Å². The highest BCUT2D eigenvalue weighted by Gasteiger charge is 2.40. The van der Waals surface area contributed by atoms with Gasteiger partial charge in [-0.05, 0) is 13.8 Å².